The fourth-order valence-electron chi connectivity index (χ4n) is 3.79. The molecule has 0 aromatic heterocycles. The molecular formula is C17H34F3GeN3Zr. The van der Waals surface area contributed by atoms with Gasteiger partial charge in [0.15, 0.2) is 0 Å². The first-order valence-electron chi connectivity index (χ1n) is 9.03. The topological polar surface area (TPSA) is 9.72 Å². The second kappa shape index (κ2) is 8.72. The summed E-state index contributed by atoms with van der Waals surface area (Å²) in [4.78, 5) is 0. The molecule has 0 heterocycles. The van der Waals surface area contributed by atoms with E-state index in [0.717, 1.165) is 22.9 Å². The van der Waals surface area contributed by atoms with Crippen LogP contribution in [0.1, 0.15) is 27.2 Å². The molecule has 0 radical (unpaired) electrons. The van der Waals surface area contributed by atoms with Crippen LogP contribution in [0.3, 0.4) is 0 Å². The molecule has 1 aliphatic carbocycles. The Morgan fingerprint density at radius 1 is 0.960 bits per heavy atom. The molecule has 0 atom stereocenters. The maximum atomic E-state index is 13.9. The zero-order valence-electron chi connectivity index (χ0n) is 17.0. The van der Waals surface area contributed by atoms with Gasteiger partial charge in [-0.1, -0.05) is 0 Å². The molecule has 0 amide bonds. The molecule has 8 heteroatoms. The van der Waals surface area contributed by atoms with Crippen LogP contribution in [-0.4, -0.2) is 67.6 Å². The third-order valence-corrected chi connectivity index (χ3v) is 27.1. The van der Waals surface area contributed by atoms with E-state index in [2.05, 4.69) is 50.4 Å². The number of rotatable bonds is 8. The van der Waals surface area contributed by atoms with Crippen LogP contribution in [0.5, 0.6) is 0 Å². The molecule has 0 aliphatic heterocycles. The summed E-state index contributed by atoms with van der Waals surface area (Å²) in [5.41, 5.74) is 0. The SMILES string of the molecule is CC[N](C)[Zr]([C]1=[C]([Ge]([CH3])([CH3])[C](F)(F)F)C=CC1)([N](C)CC)[N](C)CC. The first kappa shape index (κ1) is 23.6. The van der Waals surface area contributed by atoms with Gasteiger partial charge in [0.25, 0.3) is 0 Å². The summed E-state index contributed by atoms with van der Waals surface area (Å²) in [5, 5.41) is -4.08. The van der Waals surface area contributed by atoms with Gasteiger partial charge in [0.05, 0.1) is 0 Å². The van der Waals surface area contributed by atoms with E-state index < -0.39 is 39.4 Å². The second-order valence-electron chi connectivity index (χ2n) is 7.30. The predicted molar refractivity (Wildman–Crippen MR) is 99.2 cm³/mol. The van der Waals surface area contributed by atoms with Gasteiger partial charge >= 0.3 is 160 Å². The molecule has 146 valence electrons. The van der Waals surface area contributed by atoms with E-state index in [1.807, 2.05) is 12.2 Å². The molecule has 0 bridgehead atoms. The monoisotopic (exact) mass is 501 g/mol. The van der Waals surface area contributed by atoms with E-state index >= 15 is 0 Å². The quantitative estimate of drug-likeness (QED) is 0.460. The third kappa shape index (κ3) is 4.06. The van der Waals surface area contributed by atoms with Crippen molar-refractivity contribution in [2.24, 2.45) is 0 Å². The zero-order valence-corrected chi connectivity index (χ0v) is 21.5. The standard InChI is InChI=1S/C8H10F3Ge.3C3H8N.Zr/c1-12(2,8(9,10)11)7-5-3-4-6-7;3*1-3-4-2;/h3,5H,4H2,1-2H3;3*3H2,1-2H3;/q;3*-1;+3. The molecule has 0 aromatic rings. The van der Waals surface area contributed by atoms with Crippen molar-refractivity contribution in [2.45, 2.75) is 43.7 Å². The molecular weight excluding hydrogens is 467 g/mol. The summed E-state index contributed by atoms with van der Waals surface area (Å²) in [6.07, 6.45) is 4.45. The Labute approximate surface area is 159 Å². The van der Waals surface area contributed by atoms with Gasteiger partial charge in [-0.2, -0.15) is 0 Å². The summed E-state index contributed by atoms with van der Waals surface area (Å²) >= 11 is -7.70. The first-order valence-corrected chi connectivity index (χ1v) is 19.9. The van der Waals surface area contributed by atoms with Crippen molar-refractivity contribution in [3.05, 3.63) is 19.8 Å². The minimum atomic E-state index is -4.16. The van der Waals surface area contributed by atoms with Crippen LogP contribution in [0.15, 0.2) is 19.8 Å². The molecule has 0 saturated carbocycles. The normalized spacial score (nSPS) is 16.9. The fraction of sp³-hybridized carbons (Fsp3) is 0.765. The van der Waals surface area contributed by atoms with Gasteiger partial charge in [0.1, 0.15) is 0 Å². The minimum absolute atomic E-state index is 0.671. The number of alkyl halides is 3. The van der Waals surface area contributed by atoms with Crippen molar-refractivity contribution in [2.75, 3.05) is 40.8 Å². The summed E-state index contributed by atoms with van der Waals surface area (Å²) in [7, 11) is 6.31. The summed E-state index contributed by atoms with van der Waals surface area (Å²) < 4.78 is 50.6. The van der Waals surface area contributed by atoms with E-state index in [-0.39, 0.29) is 0 Å². The summed E-state index contributed by atoms with van der Waals surface area (Å²) in [5.74, 6) is 3.01. The molecule has 1 aliphatic rings. The van der Waals surface area contributed by atoms with Crippen molar-refractivity contribution < 1.29 is 34.3 Å². The molecule has 0 spiro atoms. The van der Waals surface area contributed by atoms with Crippen LogP contribution >= 0.6 is 0 Å². The van der Waals surface area contributed by atoms with Crippen LogP contribution in [-0.2, 0) is 21.1 Å². The molecule has 0 N–H and O–H groups in total. The van der Waals surface area contributed by atoms with Crippen molar-refractivity contribution in [3.8, 4) is 0 Å². The maximum absolute atomic E-state index is 13.9. The zero-order chi connectivity index (χ0) is 19.6. The van der Waals surface area contributed by atoms with Gasteiger partial charge in [-0.25, -0.2) is 0 Å². The van der Waals surface area contributed by atoms with Crippen LogP contribution in [0.25, 0.3) is 0 Å². The van der Waals surface area contributed by atoms with Crippen molar-refractivity contribution in [1.82, 2.24) is 8.53 Å². The van der Waals surface area contributed by atoms with Gasteiger partial charge in [0.2, 0.25) is 0 Å². The Balaban J connectivity index is 3.77. The summed E-state index contributed by atoms with van der Waals surface area (Å²) in [6, 6.07) is 0. The average Bonchev–Trinajstić information content (AvgIpc) is 3.03. The molecule has 0 saturated heterocycles. The van der Waals surface area contributed by atoms with Gasteiger partial charge < -0.3 is 0 Å². The van der Waals surface area contributed by atoms with E-state index in [1.54, 1.807) is 0 Å². The van der Waals surface area contributed by atoms with Crippen LogP contribution in [0, 0.1) is 0 Å². The van der Waals surface area contributed by atoms with Crippen LogP contribution in [0.2, 0.25) is 11.5 Å². The van der Waals surface area contributed by atoms with E-state index in [0.29, 0.717) is 10.8 Å². The van der Waals surface area contributed by atoms with Crippen molar-refractivity contribution in [1.29, 1.82) is 0 Å². The molecule has 25 heavy (non-hydrogen) atoms. The number of allylic oxidation sites excluding steroid dienone is 4. The van der Waals surface area contributed by atoms with Crippen LogP contribution in [0.4, 0.5) is 13.2 Å². The Morgan fingerprint density at radius 3 is 1.68 bits per heavy atom. The number of hydrogen-bond acceptors (Lipinski definition) is 3. The number of hydrogen-bond donors (Lipinski definition) is 0. The van der Waals surface area contributed by atoms with E-state index in [1.165, 1.54) is 11.5 Å². The Hall–Kier alpha value is 0.576. The number of halogens is 3. The predicted octanol–water partition coefficient (Wildman–Crippen LogP) is 4.30. The third-order valence-electron chi connectivity index (χ3n) is 5.74. The van der Waals surface area contributed by atoms with Crippen molar-refractivity contribution in [3.63, 3.8) is 0 Å². The molecule has 1 rings (SSSR count). The van der Waals surface area contributed by atoms with Crippen LogP contribution < -0.4 is 0 Å². The second-order valence-corrected chi connectivity index (χ2v) is 26.7. The molecule has 0 fully saturated rings. The Bertz CT molecular complexity index is 505. The molecule has 0 unspecified atom stereocenters. The van der Waals surface area contributed by atoms with Gasteiger partial charge in [0, 0.05) is 0 Å². The molecule has 3 nitrogen and oxygen atoms in total. The van der Waals surface area contributed by atoms with Gasteiger partial charge in [-0.3, -0.25) is 0 Å². The first-order chi connectivity index (χ1) is 11.4. The van der Waals surface area contributed by atoms with Gasteiger partial charge in [-0.15, -0.1) is 0 Å². The average molecular weight is 501 g/mol. The Morgan fingerprint density at radius 2 is 1.36 bits per heavy atom. The van der Waals surface area contributed by atoms with E-state index in [9.17, 15) is 13.2 Å². The fourth-order valence-corrected chi connectivity index (χ4v) is 26.4. The molecule has 0 aromatic carbocycles. The Kier molecular flexibility index (Phi) is 8.24. The van der Waals surface area contributed by atoms with Gasteiger partial charge in [-0.05, 0) is 0 Å². The number of nitrogens with zero attached hydrogens (tertiary/aromatic N) is 3. The summed E-state index contributed by atoms with van der Waals surface area (Å²) in [6.45, 7) is 8.87. The van der Waals surface area contributed by atoms with Crippen molar-refractivity contribution >= 4 is 13.3 Å². The van der Waals surface area contributed by atoms with E-state index in [4.69, 9.17) is 0 Å².